The van der Waals surface area contributed by atoms with Gasteiger partial charge < -0.3 is 43.9 Å². The summed E-state index contributed by atoms with van der Waals surface area (Å²) < 4.78 is 30.0. The van der Waals surface area contributed by atoms with Gasteiger partial charge in [-0.2, -0.15) is 0 Å². The summed E-state index contributed by atoms with van der Waals surface area (Å²) in [5.41, 5.74) is 1.66. The second-order valence-electron chi connectivity index (χ2n) is 19.0. The van der Waals surface area contributed by atoms with Crippen LogP contribution in [0.2, 0.25) is 0 Å². The third kappa shape index (κ3) is 13.4. The zero-order chi connectivity index (χ0) is 45.7. The summed E-state index contributed by atoms with van der Waals surface area (Å²) in [4.78, 5) is 58.5. The topological polar surface area (TPSA) is 178 Å². The van der Waals surface area contributed by atoms with Crippen LogP contribution in [0.4, 0.5) is 0 Å². The summed E-state index contributed by atoms with van der Waals surface area (Å²) in [5, 5.41) is 34.5. The number of esters is 1. The normalized spacial score (nSPS) is 38.8. The van der Waals surface area contributed by atoms with Crippen LogP contribution in [-0.4, -0.2) is 126 Å². The summed E-state index contributed by atoms with van der Waals surface area (Å²) in [6, 6.07) is -1.14. The van der Waals surface area contributed by atoms with Crippen molar-refractivity contribution in [1.82, 2.24) is 4.90 Å². The number of unbranched alkanes of at least 4 members (excludes halogenated alkanes) is 3. The van der Waals surface area contributed by atoms with Crippen molar-refractivity contribution in [3.63, 3.8) is 0 Å². The van der Waals surface area contributed by atoms with E-state index in [4.69, 9.17) is 23.7 Å². The Balaban J connectivity index is 1.78. The van der Waals surface area contributed by atoms with Crippen molar-refractivity contribution < 1.29 is 58.2 Å². The average Bonchev–Trinajstić information content (AvgIpc) is 3.25. The van der Waals surface area contributed by atoms with Crippen molar-refractivity contribution in [2.45, 2.75) is 192 Å². The summed E-state index contributed by atoms with van der Waals surface area (Å²) >= 11 is 0. The largest absolute Gasteiger partial charge is 0.456 e. The van der Waals surface area contributed by atoms with Crippen molar-refractivity contribution in [3.05, 3.63) is 35.5 Å². The number of cyclic esters (lactones) is 1. The molecule has 0 aromatic rings. The summed E-state index contributed by atoms with van der Waals surface area (Å²) in [6.45, 7) is 11.5. The molecule has 0 aromatic heterocycles. The van der Waals surface area contributed by atoms with Gasteiger partial charge in [-0.15, -0.1) is 0 Å². The molecule has 13 heteroatoms. The second-order valence-corrected chi connectivity index (χ2v) is 19.0. The van der Waals surface area contributed by atoms with Gasteiger partial charge in [0.15, 0.2) is 0 Å². The number of carbonyl (C=O) groups excluding carboxylic acids is 4. The van der Waals surface area contributed by atoms with Gasteiger partial charge in [-0.05, 0) is 108 Å². The highest BCUT2D eigenvalue weighted by atomic mass is 16.7. The lowest BCUT2D eigenvalue weighted by molar-refractivity contribution is -0.302. The van der Waals surface area contributed by atoms with Crippen LogP contribution >= 0.6 is 0 Å². The molecule has 4 rings (SSSR count). The maximum absolute atomic E-state index is 14.4. The second kappa shape index (κ2) is 24.5. The summed E-state index contributed by atoms with van der Waals surface area (Å²) in [5.74, 6) is -7.64. The van der Waals surface area contributed by atoms with E-state index in [1.165, 1.54) is 12.0 Å². The molecule has 0 spiro atoms. The molecule has 1 aliphatic carbocycles. The number of ether oxygens (including phenoxy) is 5. The number of hydrogen-bond acceptors (Lipinski definition) is 12. The molecule has 0 aromatic carbocycles. The van der Waals surface area contributed by atoms with E-state index >= 15 is 0 Å². The van der Waals surface area contributed by atoms with Crippen molar-refractivity contribution in [2.24, 2.45) is 29.6 Å². The van der Waals surface area contributed by atoms with E-state index in [0.717, 1.165) is 31.3 Å². The van der Waals surface area contributed by atoms with E-state index in [1.807, 2.05) is 26.0 Å². The highest BCUT2D eigenvalue weighted by Gasteiger charge is 2.56. The fourth-order valence-corrected chi connectivity index (χ4v) is 10.1. The standard InChI is InChI=1S/C49H79NO12/c1-10-11-12-13-14-15-18-36-24-30(2)23-31(3)25-42(59-8)45-43(60-9)27-33(5)49(57,62-45)46(54)47(55)50-22-17-16-19-37(50)48(56)61-44(34(6)39(52)29-40(36)53)32(4)26-35-20-21-38(51)41(28-35)58-7/h14-15,24,26,31,33-39,41-45,51-52,57H,10-13,16-23,25,27-29H2,1-9H3/b15-14+,30-24+,32-26+/t31-,33+,34+,35-,36+,37-,38+,39-,41+,42-,43-,44+,45+,49+/m0/s1. The first-order valence-corrected chi connectivity index (χ1v) is 23.4. The van der Waals surface area contributed by atoms with E-state index in [9.17, 15) is 34.5 Å². The molecule has 1 saturated carbocycles. The maximum atomic E-state index is 14.4. The molecule has 0 radical (unpaired) electrons. The van der Waals surface area contributed by atoms with E-state index in [-0.39, 0.29) is 49.5 Å². The highest BCUT2D eigenvalue weighted by Crippen LogP contribution is 2.39. The molecule has 3 N–H and O–H groups in total. The van der Waals surface area contributed by atoms with E-state index < -0.39 is 83.9 Å². The number of allylic oxidation sites excluding steroid dienone is 5. The van der Waals surface area contributed by atoms with Crippen LogP contribution < -0.4 is 0 Å². The number of methoxy groups -OCH3 is 3. The van der Waals surface area contributed by atoms with Gasteiger partial charge in [-0.3, -0.25) is 14.4 Å². The Labute approximate surface area is 371 Å². The Hall–Kier alpha value is -2.78. The Morgan fingerprint density at radius 3 is 2.26 bits per heavy atom. The molecular weight excluding hydrogens is 795 g/mol. The first kappa shape index (κ1) is 51.9. The molecule has 3 aliphatic heterocycles. The molecule has 14 atom stereocenters. The molecule has 2 saturated heterocycles. The third-order valence-corrected chi connectivity index (χ3v) is 14.0. The molecule has 3 fully saturated rings. The average molecular weight is 874 g/mol. The number of ketones is 2. The summed E-state index contributed by atoms with van der Waals surface area (Å²) in [7, 11) is 4.65. The highest BCUT2D eigenvalue weighted by molar-refractivity contribution is 6.39. The SMILES string of the molecule is CCCCC/C=C/C[C@@H]1/C=C(\C)C[C@H](C)C[C@H](OC)[C@H]2O[C@@](O)(C(=O)C(=O)N3CCCC[C@H]3C(=O)O[C@H](/C(C)=C/[C@@H]3CC[C@@H](O)[C@H](OC)C3)[C@H](C)[C@@H](O)CC1=O)[C@H](C)C[C@@H]2OC. The number of carbonyl (C=O) groups is 4. The number of amides is 1. The molecule has 0 unspecified atom stereocenters. The Bertz CT molecular complexity index is 1580. The number of aliphatic hydroxyl groups is 3. The molecule has 13 nitrogen and oxygen atoms in total. The van der Waals surface area contributed by atoms with Gasteiger partial charge in [0, 0.05) is 52.0 Å². The number of nitrogens with zero attached hydrogens (tertiary/aromatic N) is 1. The number of rotatable bonds is 11. The van der Waals surface area contributed by atoms with Gasteiger partial charge in [0.25, 0.3) is 11.7 Å². The fourth-order valence-electron chi connectivity index (χ4n) is 10.1. The fraction of sp³-hybridized carbons (Fsp3) is 0.796. The molecule has 3 heterocycles. The maximum Gasteiger partial charge on any atom is 0.329 e. The Morgan fingerprint density at radius 1 is 0.887 bits per heavy atom. The van der Waals surface area contributed by atoms with E-state index in [1.54, 1.807) is 28.1 Å². The number of fused-ring (bicyclic) bond motifs is 3. The van der Waals surface area contributed by atoms with Crippen LogP contribution in [-0.2, 0) is 42.9 Å². The van der Waals surface area contributed by atoms with Gasteiger partial charge in [-0.25, -0.2) is 4.79 Å². The van der Waals surface area contributed by atoms with Gasteiger partial charge in [0.05, 0.1) is 30.5 Å². The van der Waals surface area contributed by atoms with Crippen molar-refractivity contribution in [3.8, 4) is 0 Å². The molecule has 62 heavy (non-hydrogen) atoms. The predicted molar refractivity (Wildman–Crippen MR) is 236 cm³/mol. The minimum atomic E-state index is -2.51. The molecule has 1 amide bonds. The first-order valence-electron chi connectivity index (χ1n) is 23.4. The molecule has 4 aliphatic rings. The van der Waals surface area contributed by atoms with Gasteiger partial charge in [0.1, 0.15) is 24.0 Å². The monoisotopic (exact) mass is 874 g/mol. The van der Waals surface area contributed by atoms with Gasteiger partial charge in [-0.1, -0.05) is 70.4 Å². The number of piperidine rings is 1. The van der Waals surface area contributed by atoms with Crippen LogP contribution in [0.15, 0.2) is 35.5 Å². The molecular formula is C49H79NO12. The van der Waals surface area contributed by atoms with Crippen LogP contribution in [0.25, 0.3) is 0 Å². The van der Waals surface area contributed by atoms with E-state index in [0.29, 0.717) is 56.9 Å². The number of hydrogen-bond donors (Lipinski definition) is 3. The smallest absolute Gasteiger partial charge is 0.329 e. The summed E-state index contributed by atoms with van der Waals surface area (Å²) in [6.07, 6.45) is 12.0. The predicted octanol–water partition coefficient (Wildman–Crippen LogP) is 6.59. The third-order valence-electron chi connectivity index (χ3n) is 14.0. The van der Waals surface area contributed by atoms with Crippen LogP contribution in [0.3, 0.4) is 0 Å². The van der Waals surface area contributed by atoms with Crippen LogP contribution in [0.1, 0.15) is 138 Å². The molecule has 2 bridgehead atoms. The lowest BCUT2D eigenvalue weighted by Crippen LogP contribution is -2.64. The zero-order valence-corrected chi connectivity index (χ0v) is 39.1. The zero-order valence-electron chi connectivity index (χ0n) is 39.1. The minimum Gasteiger partial charge on any atom is -0.456 e. The number of Topliss-reactive ketones (excluding diaryl/α,β-unsaturated/α-hetero) is 2. The number of aliphatic hydroxyl groups excluding tert-OH is 2. The first-order chi connectivity index (χ1) is 29.5. The van der Waals surface area contributed by atoms with Gasteiger partial charge >= 0.3 is 5.97 Å². The van der Waals surface area contributed by atoms with Crippen molar-refractivity contribution >= 4 is 23.4 Å². The van der Waals surface area contributed by atoms with Crippen molar-refractivity contribution in [1.29, 1.82) is 0 Å². The Kier molecular flexibility index (Phi) is 20.5. The lowest BCUT2D eigenvalue weighted by atomic mass is 9.81. The minimum absolute atomic E-state index is 0.00925. The van der Waals surface area contributed by atoms with Crippen LogP contribution in [0.5, 0.6) is 0 Å². The van der Waals surface area contributed by atoms with Crippen LogP contribution in [0, 0.1) is 29.6 Å². The quantitative estimate of drug-likeness (QED) is 0.0880. The lowest BCUT2D eigenvalue weighted by Gasteiger charge is -2.47. The van der Waals surface area contributed by atoms with Gasteiger partial charge in [0.2, 0.25) is 5.79 Å². The molecule has 352 valence electrons. The van der Waals surface area contributed by atoms with Crippen molar-refractivity contribution in [2.75, 3.05) is 27.9 Å². The Morgan fingerprint density at radius 2 is 1.58 bits per heavy atom. The van der Waals surface area contributed by atoms with E-state index in [2.05, 4.69) is 26.0 Å².